The van der Waals surface area contributed by atoms with Crippen molar-refractivity contribution in [1.82, 2.24) is 4.98 Å². The number of nitrogens with zero attached hydrogens (tertiary/aromatic N) is 1. The summed E-state index contributed by atoms with van der Waals surface area (Å²) >= 11 is 0. The van der Waals surface area contributed by atoms with Gasteiger partial charge in [-0.1, -0.05) is 6.07 Å². The Labute approximate surface area is 80.6 Å². The molecule has 0 aliphatic heterocycles. The van der Waals surface area contributed by atoms with Gasteiger partial charge in [-0.3, -0.25) is 0 Å². The van der Waals surface area contributed by atoms with Crippen LogP contribution in [0.15, 0.2) is 18.3 Å². The Morgan fingerprint density at radius 3 is 2.93 bits per heavy atom. The Morgan fingerprint density at radius 1 is 1.50 bits per heavy atom. The largest absolute Gasteiger partial charge is 0.397 e. The number of aliphatic hydroxyl groups is 1. The molecule has 0 aliphatic carbocycles. The predicted molar refractivity (Wildman–Crippen MR) is 53.3 cm³/mol. The molecule has 0 bridgehead atoms. The van der Waals surface area contributed by atoms with Gasteiger partial charge in [0.05, 0.1) is 23.4 Å². The molecule has 0 saturated carbocycles. The fourth-order valence-corrected chi connectivity index (χ4v) is 1.56. The van der Waals surface area contributed by atoms with E-state index in [2.05, 4.69) is 11.1 Å². The van der Waals surface area contributed by atoms with Crippen LogP contribution in [-0.2, 0) is 6.61 Å². The molecule has 1 aromatic heterocycles. The van der Waals surface area contributed by atoms with Crippen molar-refractivity contribution in [1.29, 1.82) is 5.26 Å². The van der Waals surface area contributed by atoms with Gasteiger partial charge in [-0.2, -0.15) is 5.26 Å². The van der Waals surface area contributed by atoms with Gasteiger partial charge in [0.25, 0.3) is 0 Å². The van der Waals surface area contributed by atoms with Crippen LogP contribution >= 0.6 is 0 Å². The third-order valence-corrected chi connectivity index (χ3v) is 2.24. The SMILES string of the molecule is N#Cc1c[nH]c2c(N)ccc(CO)c12. The molecule has 0 spiro atoms. The van der Waals surface area contributed by atoms with E-state index < -0.39 is 0 Å². The van der Waals surface area contributed by atoms with Crippen molar-refractivity contribution in [2.45, 2.75) is 6.61 Å². The van der Waals surface area contributed by atoms with E-state index in [4.69, 9.17) is 16.1 Å². The summed E-state index contributed by atoms with van der Waals surface area (Å²) in [5.74, 6) is 0. The fourth-order valence-electron chi connectivity index (χ4n) is 1.56. The Morgan fingerprint density at radius 2 is 2.29 bits per heavy atom. The number of nitrogens with one attached hydrogen (secondary N) is 1. The highest BCUT2D eigenvalue weighted by atomic mass is 16.3. The van der Waals surface area contributed by atoms with Crippen molar-refractivity contribution in [3.05, 3.63) is 29.5 Å². The number of aliphatic hydroxyl groups excluding tert-OH is 1. The minimum atomic E-state index is -0.0939. The zero-order valence-corrected chi connectivity index (χ0v) is 7.41. The maximum Gasteiger partial charge on any atom is 0.101 e. The van der Waals surface area contributed by atoms with Crippen molar-refractivity contribution in [3.8, 4) is 6.07 Å². The van der Waals surface area contributed by atoms with Crippen LogP contribution in [0.2, 0.25) is 0 Å². The van der Waals surface area contributed by atoms with E-state index >= 15 is 0 Å². The summed E-state index contributed by atoms with van der Waals surface area (Å²) in [6, 6.07) is 5.50. The standard InChI is InChI=1S/C10H9N3O/c11-3-7-4-13-10-8(12)2-1-6(5-14)9(7)10/h1-2,4,13-14H,5,12H2. The summed E-state index contributed by atoms with van der Waals surface area (Å²) in [5, 5.41) is 18.7. The Balaban J connectivity index is 2.90. The van der Waals surface area contributed by atoms with Crippen LogP contribution in [0.4, 0.5) is 5.69 Å². The topological polar surface area (TPSA) is 85.8 Å². The number of benzene rings is 1. The molecule has 1 aromatic carbocycles. The van der Waals surface area contributed by atoms with Crippen molar-refractivity contribution >= 4 is 16.6 Å². The van der Waals surface area contributed by atoms with Gasteiger partial charge < -0.3 is 15.8 Å². The maximum absolute atomic E-state index is 9.10. The van der Waals surface area contributed by atoms with Crippen molar-refractivity contribution in [2.24, 2.45) is 0 Å². The molecule has 4 nitrogen and oxygen atoms in total. The summed E-state index contributed by atoms with van der Waals surface area (Å²) in [7, 11) is 0. The van der Waals surface area contributed by atoms with Gasteiger partial charge in [0.2, 0.25) is 0 Å². The van der Waals surface area contributed by atoms with E-state index in [1.165, 1.54) is 0 Å². The first-order chi connectivity index (χ1) is 6.77. The molecule has 1 heterocycles. The van der Waals surface area contributed by atoms with Crippen LogP contribution in [0.5, 0.6) is 0 Å². The van der Waals surface area contributed by atoms with Crippen LogP contribution in [0, 0.1) is 11.3 Å². The number of H-pyrrole nitrogens is 1. The molecule has 2 rings (SSSR count). The van der Waals surface area contributed by atoms with Crippen LogP contribution in [0.1, 0.15) is 11.1 Å². The van der Waals surface area contributed by atoms with Crippen LogP contribution < -0.4 is 5.73 Å². The molecule has 0 amide bonds. The molecule has 4 heteroatoms. The Kier molecular flexibility index (Phi) is 1.88. The molecule has 0 fully saturated rings. The number of fused-ring (bicyclic) bond motifs is 1. The number of aromatic amines is 1. The van der Waals surface area contributed by atoms with Crippen molar-refractivity contribution in [2.75, 3.05) is 5.73 Å². The minimum Gasteiger partial charge on any atom is -0.397 e. The molecule has 4 N–H and O–H groups in total. The van der Waals surface area contributed by atoms with E-state index in [-0.39, 0.29) is 6.61 Å². The molecule has 0 unspecified atom stereocenters. The summed E-state index contributed by atoms with van der Waals surface area (Å²) in [6.45, 7) is -0.0939. The summed E-state index contributed by atoms with van der Waals surface area (Å²) in [5.41, 5.74) is 8.25. The summed E-state index contributed by atoms with van der Waals surface area (Å²) in [4.78, 5) is 2.92. The Hall–Kier alpha value is -1.99. The molecule has 0 radical (unpaired) electrons. The van der Waals surface area contributed by atoms with Gasteiger partial charge in [-0.25, -0.2) is 0 Å². The van der Waals surface area contributed by atoms with Gasteiger partial charge in [-0.05, 0) is 11.6 Å². The average molecular weight is 187 g/mol. The first-order valence-corrected chi connectivity index (χ1v) is 4.17. The number of hydrogen-bond acceptors (Lipinski definition) is 3. The Bertz CT molecular complexity index is 522. The normalized spacial score (nSPS) is 10.3. The number of nitriles is 1. The third-order valence-electron chi connectivity index (χ3n) is 2.24. The lowest BCUT2D eigenvalue weighted by atomic mass is 10.1. The van der Waals surface area contributed by atoms with E-state index in [0.717, 1.165) is 5.39 Å². The zero-order chi connectivity index (χ0) is 10.1. The molecule has 14 heavy (non-hydrogen) atoms. The highest BCUT2D eigenvalue weighted by Gasteiger charge is 2.09. The maximum atomic E-state index is 9.10. The first kappa shape index (κ1) is 8.60. The molecular formula is C10H9N3O. The quantitative estimate of drug-likeness (QED) is 0.584. The van der Waals surface area contributed by atoms with Crippen LogP contribution in [0.25, 0.3) is 10.9 Å². The van der Waals surface area contributed by atoms with E-state index in [9.17, 15) is 0 Å². The number of aromatic nitrogens is 1. The number of hydrogen-bond donors (Lipinski definition) is 3. The van der Waals surface area contributed by atoms with Gasteiger partial charge in [0.1, 0.15) is 6.07 Å². The highest BCUT2D eigenvalue weighted by Crippen LogP contribution is 2.26. The van der Waals surface area contributed by atoms with Gasteiger partial charge in [-0.15, -0.1) is 0 Å². The second kappa shape index (κ2) is 3.05. The number of rotatable bonds is 1. The lowest BCUT2D eigenvalue weighted by Gasteiger charge is -2.01. The van der Waals surface area contributed by atoms with Gasteiger partial charge >= 0.3 is 0 Å². The van der Waals surface area contributed by atoms with Gasteiger partial charge in [0, 0.05) is 11.6 Å². The van der Waals surface area contributed by atoms with E-state index in [1.807, 2.05) is 0 Å². The van der Waals surface area contributed by atoms with Crippen molar-refractivity contribution < 1.29 is 5.11 Å². The second-order valence-electron chi connectivity index (χ2n) is 3.04. The van der Waals surface area contributed by atoms with Crippen LogP contribution in [0.3, 0.4) is 0 Å². The smallest absolute Gasteiger partial charge is 0.101 e. The second-order valence-corrected chi connectivity index (χ2v) is 3.04. The molecule has 0 saturated heterocycles. The third kappa shape index (κ3) is 1.04. The van der Waals surface area contributed by atoms with Gasteiger partial charge in [0.15, 0.2) is 0 Å². The van der Waals surface area contributed by atoms with E-state index in [1.54, 1.807) is 18.3 Å². The summed E-state index contributed by atoms with van der Waals surface area (Å²) in [6.07, 6.45) is 1.60. The minimum absolute atomic E-state index is 0.0939. The first-order valence-electron chi connectivity index (χ1n) is 4.17. The lowest BCUT2D eigenvalue weighted by Crippen LogP contribution is -1.91. The fraction of sp³-hybridized carbons (Fsp3) is 0.100. The number of nitrogen functional groups attached to an aromatic ring is 1. The highest BCUT2D eigenvalue weighted by molar-refractivity contribution is 5.96. The molecule has 2 aromatic rings. The number of anilines is 1. The molecular weight excluding hydrogens is 178 g/mol. The predicted octanol–water partition coefficient (Wildman–Crippen LogP) is 1.11. The molecule has 0 atom stereocenters. The summed E-state index contributed by atoms with van der Waals surface area (Å²) < 4.78 is 0. The lowest BCUT2D eigenvalue weighted by molar-refractivity contribution is 0.283. The van der Waals surface area contributed by atoms with E-state index in [0.29, 0.717) is 22.3 Å². The zero-order valence-electron chi connectivity index (χ0n) is 7.41. The molecule has 0 aliphatic rings. The average Bonchev–Trinajstić information content (AvgIpc) is 2.63. The molecule has 70 valence electrons. The van der Waals surface area contributed by atoms with Crippen molar-refractivity contribution in [3.63, 3.8) is 0 Å². The van der Waals surface area contributed by atoms with Crippen LogP contribution in [-0.4, -0.2) is 10.1 Å². The number of nitrogens with two attached hydrogens (primary N) is 1. The monoisotopic (exact) mass is 187 g/mol.